The molecule has 1 aromatic rings. The molecule has 0 aliphatic carbocycles. The number of benzene rings is 1. The van der Waals surface area contributed by atoms with Crippen LogP contribution in [0.15, 0.2) is 23.1 Å². The summed E-state index contributed by atoms with van der Waals surface area (Å²) in [6.45, 7) is 4.05. The third kappa shape index (κ3) is 5.19. The summed E-state index contributed by atoms with van der Waals surface area (Å²) in [5.74, 6) is 0.458. The van der Waals surface area contributed by atoms with Crippen molar-refractivity contribution in [1.82, 2.24) is 10.0 Å². The van der Waals surface area contributed by atoms with Crippen LogP contribution in [0.3, 0.4) is 0 Å². The monoisotopic (exact) mass is 330 g/mol. The number of methoxy groups -OCH3 is 2. The maximum absolute atomic E-state index is 12.3. The van der Waals surface area contributed by atoms with E-state index < -0.39 is 10.0 Å². The summed E-state index contributed by atoms with van der Waals surface area (Å²) < 4.78 is 36.9. The molecule has 0 fully saturated rings. The van der Waals surface area contributed by atoms with Crippen molar-refractivity contribution in [3.05, 3.63) is 18.2 Å². The molecule has 0 radical (unpaired) electrons. The largest absolute Gasteiger partial charge is 0.497 e. The highest BCUT2D eigenvalue weighted by Gasteiger charge is 2.21. The summed E-state index contributed by atoms with van der Waals surface area (Å²) in [6, 6.07) is 4.42. The summed E-state index contributed by atoms with van der Waals surface area (Å²) in [5.41, 5.74) is 0. The predicted octanol–water partition coefficient (Wildman–Crippen LogP) is 0.754. The van der Waals surface area contributed by atoms with Crippen LogP contribution in [0.5, 0.6) is 11.5 Å². The van der Waals surface area contributed by atoms with Gasteiger partial charge in [0.1, 0.15) is 16.4 Å². The van der Waals surface area contributed by atoms with E-state index in [1.807, 2.05) is 13.8 Å². The number of nitrogens with one attached hydrogen (secondary N) is 2. The Morgan fingerprint density at radius 3 is 2.45 bits per heavy atom. The van der Waals surface area contributed by atoms with E-state index in [1.165, 1.54) is 26.4 Å². The fraction of sp³-hybridized carbons (Fsp3) is 0.500. The molecular formula is C14H22N2O5S. The second kappa shape index (κ2) is 8.00. The van der Waals surface area contributed by atoms with Gasteiger partial charge in [-0.05, 0) is 18.1 Å². The van der Waals surface area contributed by atoms with E-state index in [0.29, 0.717) is 18.2 Å². The van der Waals surface area contributed by atoms with Crippen molar-refractivity contribution in [2.75, 3.05) is 27.3 Å². The third-order valence-electron chi connectivity index (χ3n) is 2.79. The lowest BCUT2D eigenvalue weighted by Crippen LogP contribution is -2.38. The predicted molar refractivity (Wildman–Crippen MR) is 82.6 cm³/mol. The molecular weight excluding hydrogens is 308 g/mol. The number of ether oxygens (including phenoxy) is 2. The van der Waals surface area contributed by atoms with Gasteiger partial charge < -0.3 is 14.8 Å². The lowest BCUT2D eigenvalue weighted by Gasteiger charge is -2.12. The van der Waals surface area contributed by atoms with Gasteiger partial charge in [-0.25, -0.2) is 13.1 Å². The van der Waals surface area contributed by atoms with Crippen LogP contribution in [0.25, 0.3) is 0 Å². The average Bonchev–Trinajstić information content (AvgIpc) is 2.50. The number of carbonyl (C=O) groups excluding carboxylic acids is 1. The molecule has 22 heavy (non-hydrogen) atoms. The van der Waals surface area contributed by atoms with Crippen LogP contribution in [0.1, 0.15) is 13.8 Å². The highest BCUT2D eigenvalue weighted by molar-refractivity contribution is 7.89. The highest BCUT2D eigenvalue weighted by atomic mass is 32.2. The molecule has 2 N–H and O–H groups in total. The Morgan fingerprint density at radius 1 is 1.23 bits per heavy atom. The SMILES string of the molecule is COc1ccc(OC)c(S(=O)(=O)NCC(=O)NCC(C)C)c1. The van der Waals surface area contributed by atoms with Crippen molar-refractivity contribution in [2.24, 2.45) is 5.92 Å². The minimum atomic E-state index is -3.89. The van der Waals surface area contributed by atoms with Crippen molar-refractivity contribution < 1.29 is 22.7 Å². The van der Waals surface area contributed by atoms with Gasteiger partial charge in [-0.1, -0.05) is 13.8 Å². The molecule has 0 bridgehead atoms. The maximum Gasteiger partial charge on any atom is 0.244 e. The molecule has 1 amide bonds. The molecule has 0 aliphatic rings. The van der Waals surface area contributed by atoms with Gasteiger partial charge >= 0.3 is 0 Å². The van der Waals surface area contributed by atoms with Crippen LogP contribution in [0.4, 0.5) is 0 Å². The van der Waals surface area contributed by atoms with Crippen LogP contribution in [0, 0.1) is 5.92 Å². The summed E-state index contributed by atoms with van der Waals surface area (Å²) >= 11 is 0. The molecule has 0 aliphatic heterocycles. The maximum atomic E-state index is 12.3. The number of hydrogen-bond acceptors (Lipinski definition) is 5. The number of hydrogen-bond donors (Lipinski definition) is 2. The van der Waals surface area contributed by atoms with Gasteiger partial charge in [0.15, 0.2) is 0 Å². The zero-order chi connectivity index (χ0) is 16.8. The Kier molecular flexibility index (Phi) is 6.63. The smallest absolute Gasteiger partial charge is 0.244 e. The van der Waals surface area contributed by atoms with Gasteiger partial charge in [-0.3, -0.25) is 4.79 Å². The molecule has 1 rings (SSSR count). The van der Waals surface area contributed by atoms with E-state index in [2.05, 4.69) is 10.0 Å². The van der Waals surface area contributed by atoms with Crippen molar-refractivity contribution >= 4 is 15.9 Å². The lowest BCUT2D eigenvalue weighted by molar-refractivity contribution is -0.120. The zero-order valence-corrected chi connectivity index (χ0v) is 14.0. The normalized spacial score (nSPS) is 11.3. The first-order chi connectivity index (χ1) is 10.3. The average molecular weight is 330 g/mol. The van der Waals surface area contributed by atoms with Crippen molar-refractivity contribution in [1.29, 1.82) is 0 Å². The second-order valence-electron chi connectivity index (χ2n) is 5.04. The molecule has 0 aromatic heterocycles. The molecule has 124 valence electrons. The molecule has 8 heteroatoms. The van der Waals surface area contributed by atoms with Gasteiger partial charge in [-0.2, -0.15) is 0 Å². The number of amides is 1. The van der Waals surface area contributed by atoms with Gasteiger partial charge in [-0.15, -0.1) is 0 Å². The Bertz CT molecular complexity index is 614. The van der Waals surface area contributed by atoms with Gasteiger partial charge in [0, 0.05) is 12.6 Å². The van der Waals surface area contributed by atoms with Crippen LogP contribution in [-0.2, 0) is 14.8 Å². The molecule has 1 aromatic carbocycles. The van der Waals surface area contributed by atoms with Crippen LogP contribution >= 0.6 is 0 Å². The summed E-state index contributed by atoms with van der Waals surface area (Å²) in [6.07, 6.45) is 0. The summed E-state index contributed by atoms with van der Waals surface area (Å²) in [5, 5.41) is 2.64. The van der Waals surface area contributed by atoms with Crippen molar-refractivity contribution in [2.45, 2.75) is 18.7 Å². The Labute approximate surface area is 131 Å². The first kappa shape index (κ1) is 18.2. The Balaban J connectivity index is 2.84. The molecule has 0 saturated carbocycles. The van der Waals surface area contributed by atoms with E-state index in [4.69, 9.17) is 9.47 Å². The molecule has 0 saturated heterocycles. The van der Waals surface area contributed by atoms with Gasteiger partial charge in [0.2, 0.25) is 15.9 Å². The fourth-order valence-corrected chi connectivity index (χ4v) is 2.78. The minimum absolute atomic E-state index is 0.0778. The quantitative estimate of drug-likeness (QED) is 0.734. The van der Waals surface area contributed by atoms with Crippen molar-refractivity contribution in [3.8, 4) is 11.5 Å². The van der Waals surface area contributed by atoms with Crippen molar-refractivity contribution in [3.63, 3.8) is 0 Å². The van der Waals surface area contributed by atoms with Crippen LogP contribution in [0.2, 0.25) is 0 Å². The lowest BCUT2D eigenvalue weighted by atomic mass is 10.2. The standard InChI is InChI=1S/C14H22N2O5S/c1-10(2)8-15-14(17)9-16-22(18,19)13-7-11(20-3)5-6-12(13)21-4/h5-7,10,16H,8-9H2,1-4H3,(H,15,17). The van der Waals surface area contributed by atoms with Crippen LogP contribution in [-0.4, -0.2) is 41.6 Å². The minimum Gasteiger partial charge on any atom is -0.497 e. The first-order valence-corrected chi connectivity index (χ1v) is 8.27. The summed E-state index contributed by atoms with van der Waals surface area (Å²) in [7, 11) is -1.08. The number of carbonyl (C=O) groups is 1. The second-order valence-corrected chi connectivity index (χ2v) is 6.77. The fourth-order valence-electron chi connectivity index (χ4n) is 1.61. The number of rotatable bonds is 8. The third-order valence-corrected chi connectivity index (χ3v) is 4.21. The molecule has 0 unspecified atom stereocenters. The molecule has 0 atom stereocenters. The summed E-state index contributed by atoms with van der Waals surface area (Å²) in [4.78, 5) is 11.5. The molecule has 0 heterocycles. The zero-order valence-electron chi connectivity index (χ0n) is 13.2. The Morgan fingerprint density at radius 2 is 1.91 bits per heavy atom. The van der Waals surface area contributed by atoms with Crippen LogP contribution < -0.4 is 19.5 Å². The van der Waals surface area contributed by atoms with Gasteiger partial charge in [0.25, 0.3) is 0 Å². The first-order valence-electron chi connectivity index (χ1n) is 6.78. The van der Waals surface area contributed by atoms with E-state index in [0.717, 1.165) is 0 Å². The van der Waals surface area contributed by atoms with E-state index in [-0.39, 0.29) is 23.1 Å². The molecule has 0 spiro atoms. The van der Waals surface area contributed by atoms with Gasteiger partial charge in [0.05, 0.1) is 20.8 Å². The molecule has 7 nitrogen and oxygen atoms in total. The topological polar surface area (TPSA) is 93.7 Å². The number of sulfonamides is 1. The van der Waals surface area contributed by atoms with E-state index in [9.17, 15) is 13.2 Å². The van der Waals surface area contributed by atoms with E-state index >= 15 is 0 Å². The highest BCUT2D eigenvalue weighted by Crippen LogP contribution is 2.27. The van der Waals surface area contributed by atoms with E-state index in [1.54, 1.807) is 6.07 Å². The Hall–Kier alpha value is -1.80.